The van der Waals surface area contributed by atoms with Crippen LogP contribution in [0, 0.1) is 6.92 Å². The van der Waals surface area contributed by atoms with E-state index in [1.54, 1.807) is 13.8 Å². The van der Waals surface area contributed by atoms with Gasteiger partial charge >= 0.3 is 5.97 Å². The Bertz CT molecular complexity index is 578. The van der Waals surface area contributed by atoms with Crippen LogP contribution < -0.4 is 15.0 Å². The number of nitrogens with one attached hydrogen (secondary N) is 1. The molecule has 0 atom stereocenters. The van der Waals surface area contributed by atoms with Crippen LogP contribution >= 0.6 is 0 Å². The van der Waals surface area contributed by atoms with E-state index in [1.807, 2.05) is 0 Å². The molecule has 0 radical (unpaired) electrons. The summed E-state index contributed by atoms with van der Waals surface area (Å²) in [6, 6.07) is 0. The van der Waals surface area contributed by atoms with Crippen molar-refractivity contribution in [3.05, 3.63) is 5.82 Å². The molecule has 0 unspecified atom stereocenters. The zero-order valence-electron chi connectivity index (χ0n) is 12.5. The molecule has 0 saturated carbocycles. The molecule has 0 aromatic carbocycles. The van der Waals surface area contributed by atoms with Crippen LogP contribution in [0.2, 0.25) is 0 Å². The van der Waals surface area contributed by atoms with Crippen LogP contribution in [0.15, 0.2) is 0 Å². The number of hydrogen-bond donors (Lipinski definition) is 2. The van der Waals surface area contributed by atoms with E-state index in [1.165, 1.54) is 4.90 Å². The van der Waals surface area contributed by atoms with Gasteiger partial charge in [-0.1, -0.05) is 0 Å². The first kappa shape index (κ1) is 16.0. The number of ether oxygens (including phenoxy) is 2. The van der Waals surface area contributed by atoms with Gasteiger partial charge in [0.05, 0.1) is 13.2 Å². The van der Waals surface area contributed by atoms with Crippen LogP contribution in [0.4, 0.5) is 11.6 Å². The number of amides is 1. The van der Waals surface area contributed by atoms with E-state index < -0.39 is 5.97 Å². The minimum Gasteiger partial charge on any atom is -0.476 e. The van der Waals surface area contributed by atoms with Gasteiger partial charge in [-0.3, -0.25) is 14.5 Å². The largest absolute Gasteiger partial charge is 0.476 e. The fourth-order valence-electron chi connectivity index (χ4n) is 1.99. The second-order valence-corrected chi connectivity index (χ2v) is 4.50. The molecule has 0 fully saturated rings. The van der Waals surface area contributed by atoms with Crippen molar-refractivity contribution >= 4 is 23.5 Å². The second-order valence-electron chi connectivity index (χ2n) is 4.50. The molecule has 0 aliphatic carbocycles. The number of aliphatic hydroxyl groups excluding tert-OH is 1. The van der Waals surface area contributed by atoms with E-state index >= 15 is 0 Å². The van der Waals surface area contributed by atoms with Crippen molar-refractivity contribution in [2.75, 3.05) is 43.1 Å². The van der Waals surface area contributed by atoms with Gasteiger partial charge < -0.3 is 19.9 Å². The van der Waals surface area contributed by atoms with E-state index in [9.17, 15) is 9.59 Å². The van der Waals surface area contributed by atoms with Crippen molar-refractivity contribution in [1.29, 1.82) is 0 Å². The summed E-state index contributed by atoms with van der Waals surface area (Å²) in [6.45, 7) is 3.32. The Hall–Kier alpha value is -2.42. The summed E-state index contributed by atoms with van der Waals surface area (Å²) < 4.78 is 10.2. The monoisotopic (exact) mass is 310 g/mol. The van der Waals surface area contributed by atoms with E-state index in [2.05, 4.69) is 15.3 Å². The lowest BCUT2D eigenvalue weighted by Crippen LogP contribution is -2.43. The van der Waals surface area contributed by atoms with Crippen LogP contribution in [0.1, 0.15) is 12.7 Å². The average Bonchev–Trinajstić information content (AvgIpc) is 2.48. The number of aryl methyl sites for hydroxylation is 1. The summed E-state index contributed by atoms with van der Waals surface area (Å²) in [5.74, 6) is 0.376. The number of carbonyl (C=O) groups excluding carboxylic acids is 2. The minimum absolute atomic E-state index is 0.0801. The summed E-state index contributed by atoms with van der Waals surface area (Å²) >= 11 is 0. The van der Waals surface area contributed by atoms with Crippen molar-refractivity contribution in [1.82, 2.24) is 9.97 Å². The fourth-order valence-corrected chi connectivity index (χ4v) is 1.99. The summed E-state index contributed by atoms with van der Waals surface area (Å²) in [4.78, 5) is 33.3. The normalized spacial score (nSPS) is 13.4. The molecule has 1 aliphatic rings. The Kier molecular flexibility index (Phi) is 5.10. The van der Waals surface area contributed by atoms with Crippen LogP contribution in [-0.2, 0) is 14.3 Å². The third-order valence-electron chi connectivity index (χ3n) is 2.85. The molecule has 2 rings (SSSR count). The van der Waals surface area contributed by atoms with Crippen LogP contribution in [0.3, 0.4) is 0 Å². The molecule has 9 nitrogen and oxygen atoms in total. The Morgan fingerprint density at radius 3 is 2.95 bits per heavy atom. The molecule has 2 N–H and O–H groups in total. The molecule has 1 amide bonds. The lowest BCUT2D eigenvalue weighted by molar-refractivity contribution is -0.142. The van der Waals surface area contributed by atoms with Gasteiger partial charge in [0, 0.05) is 6.54 Å². The molecular weight excluding hydrogens is 292 g/mol. The van der Waals surface area contributed by atoms with Crippen LogP contribution in [-0.4, -0.2) is 59.9 Å². The first-order valence-electron chi connectivity index (χ1n) is 6.89. The lowest BCUT2D eigenvalue weighted by atomic mass is 10.3. The summed E-state index contributed by atoms with van der Waals surface area (Å²) in [6.07, 6.45) is 0. The number of anilines is 2. The number of fused-ring (bicyclic) bond motifs is 1. The summed E-state index contributed by atoms with van der Waals surface area (Å²) in [5.41, 5.74) is 0. The van der Waals surface area contributed by atoms with Gasteiger partial charge in [-0.15, -0.1) is 0 Å². The maximum atomic E-state index is 12.0. The number of hydrogen-bond acceptors (Lipinski definition) is 8. The topological polar surface area (TPSA) is 114 Å². The number of nitrogens with zero attached hydrogens (tertiary/aromatic N) is 3. The van der Waals surface area contributed by atoms with Gasteiger partial charge in [-0.2, -0.15) is 0 Å². The number of esters is 1. The zero-order chi connectivity index (χ0) is 16.1. The fraction of sp³-hybridized carbons (Fsp3) is 0.538. The molecule has 120 valence electrons. The maximum absolute atomic E-state index is 12.0. The van der Waals surface area contributed by atoms with Gasteiger partial charge in [0.2, 0.25) is 5.75 Å². The SMILES string of the molecule is CCOC(=O)CN1C(=O)COc2c(NCCO)nc(C)nc21. The van der Waals surface area contributed by atoms with E-state index in [0.717, 1.165) is 0 Å². The highest BCUT2D eigenvalue weighted by atomic mass is 16.5. The molecule has 2 heterocycles. The van der Waals surface area contributed by atoms with Crippen LogP contribution in [0.25, 0.3) is 0 Å². The summed E-state index contributed by atoms with van der Waals surface area (Å²) in [7, 11) is 0. The van der Waals surface area contributed by atoms with Gasteiger partial charge in [0.15, 0.2) is 18.2 Å². The molecule has 1 aromatic rings. The minimum atomic E-state index is -0.523. The highest BCUT2D eigenvalue weighted by Crippen LogP contribution is 2.35. The molecular formula is C13H18N4O5. The first-order valence-corrected chi connectivity index (χ1v) is 6.89. The maximum Gasteiger partial charge on any atom is 0.326 e. The Balaban J connectivity index is 2.34. The van der Waals surface area contributed by atoms with E-state index in [0.29, 0.717) is 11.6 Å². The van der Waals surface area contributed by atoms with Gasteiger partial charge in [0.1, 0.15) is 12.4 Å². The van der Waals surface area contributed by atoms with Crippen molar-refractivity contribution in [2.45, 2.75) is 13.8 Å². The standard InChI is InChI=1S/C13H18N4O5/c1-3-21-10(20)6-17-9(19)7-22-11-12(14-4-5-18)15-8(2)16-13(11)17/h18H,3-7H2,1-2H3,(H,14,15,16). The summed E-state index contributed by atoms with van der Waals surface area (Å²) in [5, 5.41) is 11.8. The zero-order valence-corrected chi connectivity index (χ0v) is 12.5. The highest BCUT2D eigenvalue weighted by Gasteiger charge is 2.32. The molecule has 9 heteroatoms. The first-order chi connectivity index (χ1) is 10.6. The average molecular weight is 310 g/mol. The Morgan fingerprint density at radius 2 is 2.27 bits per heavy atom. The van der Waals surface area contributed by atoms with Crippen LogP contribution in [0.5, 0.6) is 5.75 Å². The molecule has 1 aromatic heterocycles. The van der Waals surface area contributed by atoms with Crippen molar-refractivity contribution in [3.8, 4) is 5.75 Å². The number of aromatic nitrogens is 2. The van der Waals surface area contributed by atoms with Crippen molar-refractivity contribution in [2.24, 2.45) is 0 Å². The van der Waals surface area contributed by atoms with E-state index in [-0.39, 0.29) is 50.4 Å². The van der Waals surface area contributed by atoms with Crippen molar-refractivity contribution < 1.29 is 24.2 Å². The third-order valence-corrected chi connectivity index (χ3v) is 2.85. The highest BCUT2D eigenvalue weighted by molar-refractivity contribution is 6.01. The Morgan fingerprint density at radius 1 is 1.50 bits per heavy atom. The second kappa shape index (κ2) is 7.03. The van der Waals surface area contributed by atoms with Gasteiger partial charge in [0.25, 0.3) is 5.91 Å². The molecule has 1 aliphatic heterocycles. The van der Waals surface area contributed by atoms with Gasteiger partial charge in [-0.25, -0.2) is 9.97 Å². The molecule has 0 spiro atoms. The molecule has 22 heavy (non-hydrogen) atoms. The van der Waals surface area contributed by atoms with Gasteiger partial charge in [-0.05, 0) is 13.8 Å². The number of aliphatic hydroxyl groups is 1. The Labute approximate surface area is 127 Å². The lowest BCUT2D eigenvalue weighted by Gasteiger charge is -2.28. The number of rotatable bonds is 6. The predicted octanol–water partition coefficient (Wildman–Crippen LogP) is -0.522. The molecule has 0 saturated heterocycles. The molecule has 0 bridgehead atoms. The van der Waals surface area contributed by atoms with E-state index in [4.69, 9.17) is 14.6 Å². The smallest absolute Gasteiger partial charge is 0.326 e. The third kappa shape index (κ3) is 3.42. The quantitative estimate of drug-likeness (QED) is 0.675. The van der Waals surface area contributed by atoms with Crippen molar-refractivity contribution in [3.63, 3.8) is 0 Å². The predicted molar refractivity (Wildman–Crippen MR) is 76.8 cm³/mol. The number of carbonyl (C=O) groups is 2.